The normalized spacial score (nSPS) is 11.8. The van der Waals surface area contributed by atoms with Crippen LogP contribution in [0.25, 0.3) is 110 Å². The third kappa shape index (κ3) is 4.88. The van der Waals surface area contributed by atoms with Crippen molar-refractivity contribution in [3.63, 3.8) is 0 Å². The minimum absolute atomic E-state index is 0.604. The molecule has 0 aliphatic heterocycles. The van der Waals surface area contributed by atoms with E-state index in [1.54, 1.807) is 0 Å². The molecule has 0 bridgehead atoms. The average molecular weight is 676 g/mol. The predicted octanol–water partition coefficient (Wildman–Crippen LogP) is 13.1. The second-order valence-electron chi connectivity index (χ2n) is 13.6. The molecule has 0 fully saturated rings. The highest BCUT2D eigenvalue weighted by molar-refractivity contribution is 6.17. The van der Waals surface area contributed by atoms with Crippen molar-refractivity contribution < 1.29 is 4.42 Å². The number of nitrogens with zero attached hydrogens (tertiary/aromatic N) is 3. The van der Waals surface area contributed by atoms with Crippen molar-refractivity contribution in [3.8, 4) is 45.3 Å². The molecule has 4 heteroatoms. The van der Waals surface area contributed by atoms with E-state index in [1.165, 1.54) is 38.1 Å². The molecular formula is C49H29N3O. The van der Waals surface area contributed by atoms with Gasteiger partial charge < -0.3 is 4.42 Å². The second kappa shape index (κ2) is 11.7. The van der Waals surface area contributed by atoms with Crippen molar-refractivity contribution in [2.24, 2.45) is 0 Å². The van der Waals surface area contributed by atoms with Gasteiger partial charge in [-0.2, -0.15) is 0 Å². The molecule has 2 aromatic heterocycles. The standard InChI is InChI=1S/C49H29N3O/c1-2-12-31(13-3-1)47-50-48(36-24-21-30-11-4-5-14-32(30)25-36)52-49(51-47)41-19-10-20-44-46(41)43-28-37-26-35(23-22-33(37)29-45(43)53-44)42-27-34-15-6-7-16-38(34)39-17-8-9-18-40(39)42/h1-29H. The van der Waals surface area contributed by atoms with Gasteiger partial charge in [-0.15, -0.1) is 0 Å². The zero-order valence-corrected chi connectivity index (χ0v) is 28.5. The molecule has 9 aromatic carbocycles. The van der Waals surface area contributed by atoms with Gasteiger partial charge in [0.25, 0.3) is 0 Å². The van der Waals surface area contributed by atoms with Gasteiger partial charge >= 0.3 is 0 Å². The highest BCUT2D eigenvalue weighted by atomic mass is 16.3. The number of hydrogen-bond acceptors (Lipinski definition) is 4. The first-order chi connectivity index (χ1) is 26.2. The summed E-state index contributed by atoms with van der Waals surface area (Å²) in [5, 5.41) is 11.6. The summed E-state index contributed by atoms with van der Waals surface area (Å²) >= 11 is 0. The molecule has 0 spiro atoms. The van der Waals surface area contributed by atoms with Gasteiger partial charge in [0.2, 0.25) is 0 Å². The van der Waals surface area contributed by atoms with Crippen molar-refractivity contribution in [2.75, 3.05) is 0 Å². The molecule has 0 N–H and O–H groups in total. The molecule has 0 radical (unpaired) electrons. The number of furan rings is 1. The summed E-state index contributed by atoms with van der Waals surface area (Å²) in [5.74, 6) is 1.86. The van der Waals surface area contributed by atoms with Crippen LogP contribution in [0.15, 0.2) is 180 Å². The minimum atomic E-state index is 0.604. The van der Waals surface area contributed by atoms with Crippen LogP contribution in [0, 0.1) is 0 Å². The lowest BCUT2D eigenvalue weighted by Gasteiger charge is -2.12. The Morgan fingerprint density at radius 3 is 1.81 bits per heavy atom. The largest absolute Gasteiger partial charge is 0.456 e. The zero-order chi connectivity index (χ0) is 34.9. The van der Waals surface area contributed by atoms with E-state index in [-0.39, 0.29) is 0 Å². The maximum atomic E-state index is 6.55. The van der Waals surface area contributed by atoms with E-state index in [2.05, 4.69) is 133 Å². The Labute approximate surface area is 304 Å². The number of hydrogen-bond donors (Lipinski definition) is 0. The van der Waals surface area contributed by atoms with E-state index in [0.29, 0.717) is 17.5 Å². The number of fused-ring (bicyclic) bond motifs is 8. The Morgan fingerprint density at radius 2 is 0.943 bits per heavy atom. The molecule has 11 aromatic rings. The third-order valence-corrected chi connectivity index (χ3v) is 10.4. The lowest BCUT2D eigenvalue weighted by Crippen LogP contribution is -2.00. The van der Waals surface area contributed by atoms with E-state index < -0.39 is 0 Å². The molecule has 11 rings (SSSR count). The van der Waals surface area contributed by atoms with Gasteiger partial charge in [-0.05, 0) is 90.6 Å². The lowest BCUT2D eigenvalue weighted by molar-refractivity contribution is 0.669. The summed E-state index contributed by atoms with van der Waals surface area (Å²) in [4.78, 5) is 15.3. The smallest absolute Gasteiger partial charge is 0.164 e. The predicted molar refractivity (Wildman–Crippen MR) is 219 cm³/mol. The molecule has 53 heavy (non-hydrogen) atoms. The summed E-state index contributed by atoms with van der Waals surface area (Å²) in [5.41, 5.74) is 6.80. The van der Waals surface area contributed by atoms with Crippen LogP contribution in [0.5, 0.6) is 0 Å². The van der Waals surface area contributed by atoms with Gasteiger partial charge in [0.05, 0.1) is 0 Å². The second-order valence-corrected chi connectivity index (χ2v) is 13.6. The van der Waals surface area contributed by atoms with E-state index in [1.807, 2.05) is 42.5 Å². The molecule has 0 saturated heterocycles. The van der Waals surface area contributed by atoms with Crippen LogP contribution in [0.3, 0.4) is 0 Å². The topological polar surface area (TPSA) is 51.8 Å². The molecule has 0 unspecified atom stereocenters. The van der Waals surface area contributed by atoms with Gasteiger partial charge in [0.15, 0.2) is 17.5 Å². The van der Waals surface area contributed by atoms with Gasteiger partial charge in [-0.25, -0.2) is 15.0 Å². The Balaban J connectivity index is 1.12. The third-order valence-electron chi connectivity index (χ3n) is 10.4. The van der Waals surface area contributed by atoms with Crippen LogP contribution in [0.1, 0.15) is 0 Å². The first-order valence-electron chi connectivity index (χ1n) is 17.8. The van der Waals surface area contributed by atoms with Crippen LogP contribution in [0.4, 0.5) is 0 Å². The van der Waals surface area contributed by atoms with E-state index in [4.69, 9.17) is 19.4 Å². The maximum absolute atomic E-state index is 6.55. The maximum Gasteiger partial charge on any atom is 0.164 e. The van der Waals surface area contributed by atoms with Crippen molar-refractivity contribution in [1.82, 2.24) is 15.0 Å². The number of benzene rings is 9. The molecule has 0 saturated carbocycles. The molecule has 4 nitrogen and oxygen atoms in total. The SMILES string of the molecule is c1ccc(-c2nc(-c3ccc4ccccc4c3)nc(-c3cccc4oc5cc6ccc(-c7cc8ccccc8c8ccccc78)cc6cc5c34)n2)cc1. The summed E-state index contributed by atoms with van der Waals surface area (Å²) in [7, 11) is 0. The quantitative estimate of drug-likeness (QED) is 0.174. The summed E-state index contributed by atoms with van der Waals surface area (Å²) in [6.45, 7) is 0. The Kier molecular flexibility index (Phi) is 6.52. The van der Waals surface area contributed by atoms with E-state index >= 15 is 0 Å². The van der Waals surface area contributed by atoms with Crippen LogP contribution in [-0.4, -0.2) is 15.0 Å². The van der Waals surface area contributed by atoms with E-state index in [0.717, 1.165) is 54.8 Å². The fraction of sp³-hybridized carbons (Fsp3) is 0. The van der Waals surface area contributed by atoms with Crippen molar-refractivity contribution in [3.05, 3.63) is 176 Å². The monoisotopic (exact) mass is 675 g/mol. The first-order valence-corrected chi connectivity index (χ1v) is 17.8. The fourth-order valence-electron chi connectivity index (χ4n) is 7.89. The van der Waals surface area contributed by atoms with Gasteiger partial charge in [0, 0.05) is 27.5 Å². The molecule has 0 aliphatic carbocycles. The Morgan fingerprint density at radius 1 is 0.302 bits per heavy atom. The Hall–Kier alpha value is -7.17. The summed E-state index contributed by atoms with van der Waals surface area (Å²) in [6.07, 6.45) is 0. The lowest BCUT2D eigenvalue weighted by atomic mass is 9.92. The fourth-order valence-corrected chi connectivity index (χ4v) is 7.89. The Bertz CT molecular complexity index is 3240. The van der Waals surface area contributed by atoms with Gasteiger partial charge in [-0.3, -0.25) is 0 Å². The van der Waals surface area contributed by atoms with Gasteiger partial charge in [0.1, 0.15) is 11.2 Å². The molecule has 0 atom stereocenters. The molecular weight excluding hydrogens is 647 g/mol. The molecule has 2 heterocycles. The van der Waals surface area contributed by atoms with Crippen molar-refractivity contribution in [2.45, 2.75) is 0 Å². The molecule has 0 aliphatic rings. The van der Waals surface area contributed by atoms with E-state index in [9.17, 15) is 0 Å². The van der Waals surface area contributed by atoms with Crippen molar-refractivity contribution >= 4 is 65.0 Å². The van der Waals surface area contributed by atoms with Crippen LogP contribution >= 0.6 is 0 Å². The van der Waals surface area contributed by atoms with Crippen LogP contribution in [0.2, 0.25) is 0 Å². The average Bonchev–Trinajstić information content (AvgIpc) is 3.60. The molecule has 246 valence electrons. The highest BCUT2D eigenvalue weighted by Gasteiger charge is 2.19. The minimum Gasteiger partial charge on any atom is -0.456 e. The first kappa shape index (κ1) is 29.5. The summed E-state index contributed by atoms with van der Waals surface area (Å²) in [6, 6.07) is 61.8. The van der Waals surface area contributed by atoms with Crippen LogP contribution in [-0.2, 0) is 0 Å². The summed E-state index contributed by atoms with van der Waals surface area (Å²) < 4.78 is 6.55. The van der Waals surface area contributed by atoms with Crippen LogP contribution < -0.4 is 0 Å². The van der Waals surface area contributed by atoms with Gasteiger partial charge in [-0.1, -0.05) is 140 Å². The number of rotatable bonds is 4. The molecule has 0 amide bonds. The highest BCUT2D eigenvalue weighted by Crippen LogP contribution is 2.40. The number of aromatic nitrogens is 3. The van der Waals surface area contributed by atoms with Crippen molar-refractivity contribution in [1.29, 1.82) is 0 Å². The zero-order valence-electron chi connectivity index (χ0n) is 28.5.